The van der Waals surface area contributed by atoms with E-state index in [0.29, 0.717) is 0 Å². The molecule has 7 heteroatoms. The van der Waals surface area contributed by atoms with Crippen molar-refractivity contribution in [1.82, 2.24) is 9.62 Å². The second kappa shape index (κ2) is 9.64. The first kappa shape index (κ1) is 21.1. The second-order valence-electron chi connectivity index (χ2n) is 6.22. The number of ether oxygens (including phenoxy) is 1. The van der Waals surface area contributed by atoms with Gasteiger partial charge in [-0.15, -0.1) is 0 Å². The van der Waals surface area contributed by atoms with Crippen molar-refractivity contribution in [1.29, 1.82) is 0 Å². The largest absolute Gasteiger partial charge is 0.462 e. The van der Waals surface area contributed by atoms with Gasteiger partial charge in [-0.25, -0.2) is 17.9 Å². The van der Waals surface area contributed by atoms with E-state index in [2.05, 4.69) is 16.5 Å². The number of rotatable bonds is 9. The fourth-order valence-corrected chi connectivity index (χ4v) is 3.59. The highest BCUT2D eigenvalue weighted by Crippen LogP contribution is 2.14. The summed E-state index contributed by atoms with van der Waals surface area (Å²) in [5.41, 5.74) is 2.21. The lowest BCUT2D eigenvalue weighted by Crippen LogP contribution is -2.24. The summed E-state index contributed by atoms with van der Waals surface area (Å²) in [6, 6.07) is 13.7. The smallest absolute Gasteiger partial charge is 0.338 e. The number of carbonyl (C=O) groups is 1. The van der Waals surface area contributed by atoms with Crippen LogP contribution in [0, 0.1) is 0 Å². The Balaban J connectivity index is 2.10. The van der Waals surface area contributed by atoms with Crippen LogP contribution in [-0.4, -0.2) is 39.5 Å². The standard InChI is InChI=1S/C20H26N2O4S/c1-4-22(3)15-17-9-6-8-16(12-17)14-21-27(24,25)19-11-7-10-18(13-19)20(23)26-5-2/h6-13,21H,4-5,14-15H2,1-3H3. The van der Waals surface area contributed by atoms with Gasteiger partial charge in [0.15, 0.2) is 0 Å². The van der Waals surface area contributed by atoms with Crippen molar-refractivity contribution >= 4 is 16.0 Å². The Bertz CT molecular complexity index is 881. The van der Waals surface area contributed by atoms with E-state index in [1.807, 2.05) is 31.3 Å². The molecule has 0 aromatic heterocycles. The third-order valence-electron chi connectivity index (χ3n) is 4.11. The Morgan fingerprint density at radius 3 is 2.48 bits per heavy atom. The van der Waals surface area contributed by atoms with Crippen molar-refractivity contribution in [2.24, 2.45) is 0 Å². The predicted octanol–water partition coefficient (Wildman–Crippen LogP) is 2.79. The van der Waals surface area contributed by atoms with E-state index in [1.165, 1.54) is 24.3 Å². The molecule has 146 valence electrons. The molecule has 27 heavy (non-hydrogen) atoms. The number of hydrogen-bond donors (Lipinski definition) is 1. The number of carbonyl (C=O) groups excluding carboxylic acids is 1. The maximum atomic E-state index is 12.6. The molecule has 0 fully saturated rings. The molecule has 0 aliphatic rings. The molecule has 0 aliphatic heterocycles. The average molecular weight is 391 g/mol. The van der Waals surface area contributed by atoms with Gasteiger partial charge in [-0.05, 0) is 49.8 Å². The van der Waals surface area contributed by atoms with Crippen LogP contribution in [0.3, 0.4) is 0 Å². The summed E-state index contributed by atoms with van der Waals surface area (Å²) < 4.78 is 32.7. The third kappa shape index (κ3) is 6.16. The minimum atomic E-state index is -3.74. The predicted molar refractivity (Wildman–Crippen MR) is 105 cm³/mol. The third-order valence-corrected chi connectivity index (χ3v) is 5.50. The summed E-state index contributed by atoms with van der Waals surface area (Å²) in [7, 11) is -1.70. The van der Waals surface area contributed by atoms with E-state index in [0.717, 1.165) is 24.2 Å². The number of benzene rings is 2. The minimum Gasteiger partial charge on any atom is -0.462 e. The Morgan fingerprint density at radius 2 is 1.78 bits per heavy atom. The molecule has 0 amide bonds. The van der Waals surface area contributed by atoms with Gasteiger partial charge >= 0.3 is 5.97 Å². The number of sulfonamides is 1. The molecule has 0 atom stereocenters. The average Bonchev–Trinajstić information content (AvgIpc) is 2.67. The lowest BCUT2D eigenvalue weighted by molar-refractivity contribution is 0.0526. The van der Waals surface area contributed by atoms with Gasteiger partial charge in [0.2, 0.25) is 10.0 Å². The first-order valence-corrected chi connectivity index (χ1v) is 10.4. The zero-order valence-corrected chi connectivity index (χ0v) is 16.8. The van der Waals surface area contributed by atoms with Crippen LogP contribution in [0.2, 0.25) is 0 Å². The van der Waals surface area contributed by atoms with Gasteiger partial charge in [-0.1, -0.05) is 37.3 Å². The topological polar surface area (TPSA) is 75.7 Å². The first-order chi connectivity index (χ1) is 12.9. The Kier molecular flexibility index (Phi) is 7.53. The zero-order valence-electron chi connectivity index (χ0n) is 15.9. The van der Waals surface area contributed by atoms with E-state index < -0.39 is 16.0 Å². The van der Waals surface area contributed by atoms with Crippen LogP contribution in [0.4, 0.5) is 0 Å². The zero-order chi connectivity index (χ0) is 19.9. The molecule has 0 aliphatic carbocycles. The molecule has 0 saturated heterocycles. The highest BCUT2D eigenvalue weighted by molar-refractivity contribution is 7.89. The van der Waals surface area contributed by atoms with E-state index in [9.17, 15) is 13.2 Å². The van der Waals surface area contributed by atoms with Gasteiger partial charge in [-0.3, -0.25) is 0 Å². The molecule has 0 radical (unpaired) electrons. The summed E-state index contributed by atoms with van der Waals surface area (Å²) in [5.74, 6) is -0.540. The quantitative estimate of drug-likeness (QED) is 0.667. The first-order valence-electron chi connectivity index (χ1n) is 8.89. The monoisotopic (exact) mass is 390 g/mol. The molecule has 6 nitrogen and oxygen atoms in total. The normalized spacial score (nSPS) is 11.6. The summed E-state index contributed by atoms with van der Waals surface area (Å²) in [6.07, 6.45) is 0. The fraction of sp³-hybridized carbons (Fsp3) is 0.350. The number of hydrogen-bond acceptors (Lipinski definition) is 5. The molecule has 2 aromatic carbocycles. The van der Waals surface area contributed by atoms with Crippen LogP contribution in [0.15, 0.2) is 53.4 Å². The molecule has 2 rings (SSSR count). The summed E-state index contributed by atoms with van der Waals surface area (Å²) in [4.78, 5) is 14.0. The fourth-order valence-electron chi connectivity index (χ4n) is 2.53. The summed E-state index contributed by atoms with van der Waals surface area (Å²) in [6.45, 7) is 5.94. The Morgan fingerprint density at radius 1 is 1.07 bits per heavy atom. The van der Waals surface area contributed by atoms with Crippen LogP contribution < -0.4 is 4.72 Å². The van der Waals surface area contributed by atoms with Gasteiger partial charge in [-0.2, -0.15) is 0 Å². The maximum absolute atomic E-state index is 12.6. The Hall–Kier alpha value is -2.22. The highest BCUT2D eigenvalue weighted by Gasteiger charge is 2.16. The minimum absolute atomic E-state index is 0.0370. The number of nitrogens with zero attached hydrogens (tertiary/aromatic N) is 1. The summed E-state index contributed by atoms with van der Waals surface area (Å²) in [5, 5.41) is 0. The van der Waals surface area contributed by atoms with Crippen molar-refractivity contribution < 1.29 is 17.9 Å². The van der Waals surface area contributed by atoms with Gasteiger partial charge in [0.1, 0.15) is 0 Å². The van der Waals surface area contributed by atoms with Crippen LogP contribution in [0.25, 0.3) is 0 Å². The molecule has 0 saturated carbocycles. The Labute approximate surface area is 161 Å². The van der Waals surface area contributed by atoms with Crippen molar-refractivity contribution in [3.63, 3.8) is 0 Å². The maximum Gasteiger partial charge on any atom is 0.338 e. The molecule has 0 bridgehead atoms. The number of esters is 1. The van der Waals surface area contributed by atoms with Crippen molar-refractivity contribution in [3.05, 3.63) is 65.2 Å². The molecule has 0 heterocycles. The van der Waals surface area contributed by atoms with Gasteiger partial charge in [0.05, 0.1) is 17.1 Å². The molecular weight excluding hydrogens is 364 g/mol. The van der Waals surface area contributed by atoms with Crippen LogP contribution >= 0.6 is 0 Å². The molecule has 2 aromatic rings. The summed E-state index contributed by atoms with van der Waals surface area (Å²) >= 11 is 0. The van der Waals surface area contributed by atoms with Gasteiger partial charge in [0, 0.05) is 13.1 Å². The van der Waals surface area contributed by atoms with Crippen LogP contribution in [0.5, 0.6) is 0 Å². The van der Waals surface area contributed by atoms with E-state index in [1.54, 1.807) is 6.92 Å². The highest BCUT2D eigenvalue weighted by atomic mass is 32.2. The number of nitrogens with one attached hydrogen (secondary N) is 1. The molecular formula is C20H26N2O4S. The van der Waals surface area contributed by atoms with Crippen molar-refractivity contribution in [2.75, 3.05) is 20.2 Å². The second-order valence-corrected chi connectivity index (χ2v) is 7.99. The molecule has 0 unspecified atom stereocenters. The van der Waals surface area contributed by atoms with Crippen LogP contribution in [-0.2, 0) is 27.8 Å². The lowest BCUT2D eigenvalue weighted by atomic mass is 10.1. The SMILES string of the molecule is CCOC(=O)c1cccc(S(=O)(=O)NCc2cccc(CN(C)CC)c2)c1. The van der Waals surface area contributed by atoms with Gasteiger partial charge in [0.25, 0.3) is 0 Å². The van der Waals surface area contributed by atoms with Gasteiger partial charge < -0.3 is 9.64 Å². The van der Waals surface area contributed by atoms with E-state index in [-0.39, 0.29) is 23.6 Å². The van der Waals surface area contributed by atoms with E-state index >= 15 is 0 Å². The molecule has 0 spiro atoms. The van der Waals surface area contributed by atoms with E-state index in [4.69, 9.17) is 4.74 Å². The van der Waals surface area contributed by atoms with Crippen molar-refractivity contribution in [2.45, 2.75) is 31.8 Å². The van der Waals surface area contributed by atoms with Crippen LogP contribution in [0.1, 0.15) is 35.3 Å². The van der Waals surface area contributed by atoms with Crippen molar-refractivity contribution in [3.8, 4) is 0 Å². The lowest BCUT2D eigenvalue weighted by Gasteiger charge is -2.14. The molecule has 1 N–H and O–H groups in total.